The second-order valence-corrected chi connectivity index (χ2v) is 8.98. The molecule has 0 bridgehead atoms. The fourth-order valence-corrected chi connectivity index (χ4v) is 5.37. The number of hydrogen-bond acceptors (Lipinski definition) is 3. The molecular formula is C12H26O3Si. The molecule has 0 unspecified atom stereocenters. The molecule has 0 amide bonds. The first kappa shape index (κ1) is 14.2. The van der Waals surface area contributed by atoms with Gasteiger partial charge < -0.3 is 13.3 Å². The Balaban J connectivity index is 2.75. The summed E-state index contributed by atoms with van der Waals surface area (Å²) in [7, 11) is -2.45. The van der Waals surface area contributed by atoms with Gasteiger partial charge in [0.15, 0.2) is 0 Å². The molecule has 1 rings (SSSR count). The first-order chi connectivity index (χ1) is 7.12. The maximum absolute atomic E-state index is 6.14. The normalized spacial score (nSPS) is 22.1. The zero-order valence-electron chi connectivity index (χ0n) is 11.6. The quantitative estimate of drug-likeness (QED) is 0.699. The molecule has 0 radical (unpaired) electrons. The Kier molecular flexibility index (Phi) is 4.22. The molecule has 4 heteroatoms. The lowest BCUT2D eigenvalue weighted by atomic mass is 10.2. The molecule has 0 aromatic heterocycles. The summed E-state index contributed by atoms with van der Waals surface area (Å²) >= 11 is 0. The van der Waals surface area contributed by atoms with Gasteiger partial charge in [0.05, 0.1) is 11.2 Å². The second kappa shape index (κ2) is 4.76. The van der Waals surface area contributed by atoms with Crippen LogP contribution in [0.25, 0.3) is 0 Å². The SMILES string of the molecule is CC(C)(C)O[Si]1(OC(C)(C)C)CCCCO1. The van der Waals surface area contributed by atoms with Crippen molar-refractivity contribution in [2.24, 2.45) is 0 Å². The van der Waals surface area contributed by atoms with Crippen LogP contribution >= 0.6 is 0 Å². The van der Waals surface area contributed by atoms with E-state index in [0.29, 0.717) is 0 Å². The molecule has 3 nitrogen and oxygen atoms in total. The summed E-state index contributed by atoms with van der Waals surface area (Å²) in [5, 5.41) is 0. The Bertz CT molecular complexity index is 203. The average Bonchev–Trinajstić information content (AvgIpc) is 1.97. The Labute approximate surface area is 101 Å². The van der Waals surface area contributed by atoms with Gasteiger partial charge in [-0.2, -0.15) is 0 Å². The van der Waals surface area contributed by atoms with Crippen molar-refractivity contribution in [3.8, 4) is 0 Å². The van der Waals surface area contributed by atoms with E-state index in [1.54, 1.807) is 0 Å². The fourth-order valence-electron chi connectivity index (χ4n) is 1.86. The van der Waals surface area contributed by atoms with Crippen LogP contribution in [0.4, 0.5) is 0 Å². The maximum atomic E-state index is 6.14. The van der Waals surface area contributed by atoms with Crippen molar-refractivity contribution in [1.82, 2.24) is 0 Å². The summed E-state index contributed by atoms with van der Waals surface area (Å²) in [4.78, 5) is 0. The van der Waals surface area contributed by atoms with Gasteiger partial charge in [-0.15, -0.1) is 0 Å². The van der Waals surface area contributed by atoms with Crippen LogP contribution in [0, 0.1) is 0 Å². The van der Waals surface area contributed by atoms with E-state index in [1.165, 1.54) is 0 Å². The molecule has 0 N–H and O–H groups in total. The van der Waals surface area contributed by atoms with E-state index >= 15 is 0 Å². The van der Waals surface area contributed by atoms with Crippen LogP contribution in [0.5, 0.6) is 0 Å². The Hall–Kier alpha value is 0.0969. The third-order valence-corrected chi connectivity index (χ3v) is 5.58. The van der Waals surface area contributed by atoms with E-state index in [2.05, 4.69) is 41.5 Å². The molecule has 0 aromatic rings. The zero-order valence-corrected chi connectivity index (χ0v) is 12.6. The molecule has 0 atom stereocenters. The number of hydrogen-bond donors (Lipinski definition) is 0. The fraction of sp³-hybridized carbons (Fsp3) is 1.00. The van der Waals surface area contributed by atoms with Crippen molar-refractivity contribution >= 4 is 8.80 Å². The van der Waals surface area contributed by atoms with Gasteiger partial charge in [-0.25, -0.2) is 0 Å². The van der Waals surface area contributed by atoms with Gasteiger partial charge in [-0.1, -0.05) is 0 Å². The highest BCUT2D eigenvalue weighted by atomic mass is 28.4. The third-order valence-electron chi connectivity index (χ3n) is 2.12. The van der Waals surface area contributed by atoms with Crippen LogP contribution in [0.2, 0.25) is 6.04 Å². The molecule has 0 saturated carbocycles. The molecule has 0 spiro atoms. The first-order valence-corrected chi connectivity index (χ1v) is 8.09. The second-order valence-electron chi connectivity index (χ2n) is 6.42. The van der Waals surface area contributed by atoms with Gasteiger partial charge in [0.1, 0.15) is 0 Å². The standard InChI is InChI=1S/C12H26O3Si/c1-11(2,3)14-16(15-12(4,5)6)10-8-7-9-13-16/h7-10H2,1-6H3. The molecule has 0 aromatic carbocycles. The zero-order chi connectivity index (χ0) is 12.4. The molecule has 1 aliphatic rings. The molecule has 1 fully saturated rings. The predicted octanol–water partition coefficient (Wildman–Crippen LogP) is 3.37. The molecule has 1 heterocycles. The van der Waals surface area contributed by atoms with Crippen molar-refractivity contribution < 1.29 is 13.3 Å². The van der Waals surface area contributed by atoms with Crippen LogP contribution in [0.3, 0.4) is 0 Å². The average molecular weight is 246 g/mol. The monoisotopic (exact) mass is 246 g/mol. The minimum atomic E-state index is -2.45. The maximum Gasteiger partial charge on any atom is 0.501 e. The van der Waals surface area contributed by atoms with Crippen molar-refractivity contribution in [3.05, 3.63) is 0 Å². The Morgan fingerprint density at radius 3 is 1.69 bits per heavy atom. The summed E-state index contributed by atoms with van der Waals surface area (Å²) in [5.74, 6) is 0. The first-order valence-electron chi connectivity index (χ1n) is 6.16. The molecule has 1 aliphatic heterocycles. The topological polar surface area (TPSA) is 27.7 Å². The van der Waals surface area contributed by atoms with Gasteiger partial charge in [0.25, 0.3) is 0 Å². The Morgan fingerprint density at radius 1 is 0.875 bits per heavy atom. The van der Waals surface area contributed by atoms with Crippen LogP contribution in [0.15, 0.2) is 0 Å². The van der Waals surface area contributed by atoms with Gasteiger partial charge in [0, 0.05) is 12.7 Å². The summed E-state index contributed by atoms with van der Waals surface area (Å²) in [6.07, 6.45) is 2.27. The van der Waals surface area contributed by atoms with Gasteiger partial charge in [-0.3, -0.25) is 0 Å². The molecule has 1 saturated heterocycles. The van der Waals surface area contributed by atoms with Crippen molar-refractivity contribution in [2.75, 3.05) is 6.61 Å². The van der Waals surface area contributed by atoms with Crippen molar-refractivity contribution in [3.63, 3.8) is 0 Å². The summed E-state index contributed by atoms with van der Waals surface area (Å²) in [6, 6.07) is 0.946. The lowest BCUT2D eigenvalue weighted by molar-refractivity contribution is -0.0514. The Morgan fingerprint density at radius 2 is 1.38 bits per heavy atom. The van der Waals surface area contributed by atoms with Crippen LogP contribution in [-0.2, 0) is 13.3 Å². The summed E-state index contributed by atoms with van der Waals surface area (Å²) < 4.78 is 18.2. The van der Waals surface area contributed by atoms with Gasteiger partial charge in [-0.05, 0) is 54.4 Å². The van der Waals surface area contributed by atoms with E-state index in [4.69, 9.17) is 13.3 Å². The predicted molar refractivity (Wildman–Crippen MR) is 67.4 cm³/mol. The van der Waals surface area contributed by atoms with Crippen LogP contribution < -0.4 is 0 Å². The molecule has 0 aliphatic carbocycles. The van der Waals surface area contributed by atoms with E-state index < -0.39 is 8.80 Å². The molecule has 16 heavy (non-hydrogen) atoms. The highest BCUT2D eigenvalue weighted by molar-refractivity contribution is 6.61. The molecule has 96 valence electrons. The van der Waals surface area contributed by atoms with Gasteiger partial charge >= 0.3 is 8.80 Å². The highest BCUT2D eigenvalue weighted by Gasteiger charge is 2.48. The van der Waals surface area contributed by atoms with E-state index in [1.807, 2.05) is 0 Å². The van der Waals surface area contributed by atoms with Crippen molar-refractivity contribution in [2.45, 2.75) is 71.6 Å². The van der Waals surface area contributed by atoms with Crippen molar-refractivity contribution in [1.29, 1.82) is 0 Å². The van der Waals surface area contributed by atoms with Crippen LogP contribution in [0.1, 0.15) is 54.4 Å². The smallest absolute Gasteiger partial charge is 0.373 e. The largest absolute Gasteiger partial charge is 0.501 e. The summed E-state index contributed by atoms with van der Waals surface area (Å²) in [5.41, 5.74) is -0.399. The lowest BCUT2D eigenvalue weighted by Crippen LogP contribution is -2.55. The lowest BCUT2D eigenvalue weighted by Gasteiger charge is -2.41. The van der Waals surface area contributed by atoms with E-state index in [-0.39, 0.29) is 11.2 Å². The summed E-state index contributed by atoms with van der Waals surface area (Å²) in [6.45, 7) is 13.1. The molecular weight excluding hydrogens is 220 g/mol. The third kappa shape index (κ3) is 4.95. The minimum Gasteiger partial charge on any atom is -0.373 e. The van der Waals surface area contributed by atoms with E-state index in [9.17, 15) is 0 Å². The van der Waals surface area contributed by atoms with Crippen LogP contribution in [-0.4, -0.2) is 26.6 Å². The van der Waals surface area contributed by atoms with Gasteiger partial charge in [0.2, 0.25) is 0 Å². The highest BCUT2D eigenvalue weighted by Crippen LogP contribution is 2.32. The minimum absolute atomic E-state index is 0.200. The van der Waals surface area contributed by atoms with E-state index in [0.717, 1.165) is 25.5 Å². The number of rotatable bonds is 2.